The van der Waals surface area contributed by atoms with Gasteiger partial charge in [0.1, 0.15) is 0 Å². The summed E-state index contributed by atoms with van der Waals surface area (Å²) in [6.07, 6.45) is 0. The largest absolute Gasteiger partial charge is 0.349 e. The highest BCUT2D eigenvalue weighted by Gasteiger charge is 2.19. The smallest absolute Gasteiger partial charge is 0.261 e. The minimum absolute atomic E-state index is 0.0175. The molecule has 1 atom stereocenters. The van der Waals surface area contributed by atoms with Crippen LogP contribution >= 0.6 is 22.7 Å². The number of thiophene rings is 2. The zero-order valence-electron chi connectivity index (χ0n) is 12.4. The van der Waals surface area contributed by atoms with Crippen LogP contribution in [0.25, 0.3) is 0 Å². The lowest BCUT2D eigenvalue weighted by atomic mass is 10.1. The van der Waals surface area contributed by atoms with E-state index < -0.39 is 0 Å². The van der Waals surface area contributed by atoms with Gasteiger partial charge in [-0.3, -0.25) is 9.48 Å². The van der Waals surface area contributed by atoms with Crippen LogP contribution in [0.5, 0.6) is 0 Å². The molecule has 0 aliphatic rings. The third-order valence-electron chi connectivity index (χ3n) is 3.47. The maximum atomic E-state index is 12.2. The molecular weight excluding hydrogens is 314 g/mol. The van der Waals surface area contributed by atoms with Crippen molar-refractivity contribution in [3.05, 3.63) is 62.2 Å². The van der Waals surface area contributed by atoms with Gasteiger partial charge in [-0.2, -0.15) is 16.4 Å². The SMILES string of the molecule is Cc1cc(C)n([C@H](CNC(=O)c2cccs2)c2ccsc2)n1. The number of amides is 1. The van der Waals surface area contributed by atoms with Gasteiger partial charge in [0.2, 0.25) is 0 Å². The minimum Gasteiger partial charge on any atom is -0.349 e. The molecule has 1 N–H and O–H groups in total. The summed E-state index contributed by atoms with van der Waals surface area (Å²) in [6.45, 7) is 4.55. The van der Waals surface area contributed by atoms with Crippen LogP contribution in [0.2, 0.25) is 0 Å². The molecule has 1 amide bonds. The highest BCUT2D eigenvalue weighted by Crippen LogP contribution is 2.22. The molecule has 0 aromatic carbocycles. The third kappa shape index (κ3) is 3.13. The van der Waals surface area contributed by atoms with E-state index in [0.29, 0.717) is 6.54 Å². The molecule has 0 saturated carbocycles. The van der Waals surface area contributed by atoms with Crippen molar-refractivity contribution >= 4 is 28.6 Å². The number of hydrogen-bond acceptors (Lipinski definition) is 4. The lowest BCUT2D eigenvalue weighted by molar-refractivity contribution is 0.0953. The fourth-order valence-corrected chi connectivity index (χ4v) is 3.80. The average molecular weight is 331 g/mol. The van der Waals surface area contributed by atoms with E-state index in [2.05, 4.69) is 33.3 Å². The van der Waals surface area contributed by atoms with Gasteiger partial charge in [0.15, 0.2) is 0 Å². The topological polar surface area (TPSA) is 46.9 Å². The Bertz CT molecular complexity index is 745. The van der Waals surface area contributed by atoms with Gasteiger partial charge in [-0.05, 0) is 53.8 Å². The molecule has 3 rings (SSSR count). The molecule has 0 radical (unpaired) electrons. The number of aryl methyl sites for hydroxylation is 2. The van der Waals surface area contributed by atoms with Crippen molar-refractivity contribution in [1.29, 1.82) is 0 Å². The van der Waals surface area contributed by atoms with Crippen molar-refractivity contribution in [2.45, 2.75) is 19.9 Å². The van der Waals surface area contributed by atoms with Crippen molar-refractivity contribution in [1.82, 2.24) is 15.1 Å². The lowest BCUT2D eigenvalue weighted by Crippen LogP contribution is -2.31. The van der Waals surface area contributed by atoms with Gasteiger partial charge in [0, 0.05) is 12.2 Å². The van der Waals surface area contributed by atoms with E-state index in [-0.39, 0.29) is 11.9 Å². The van der Waals surface area contributed by atoms with Crippen LogP contribution < -0.4 is 5.32 Å². The molecule has 3 aromatic heterocycles. The minimum atomic E-state index is -0.0308. The van der Waals surface area contributed by atoms with Crippen LogP contribution in [-0.4, -0.2) is 22.2 Å². The summed E-state index contributed by atoms with van der Waals surface area (Å²) in [5.41, 5.74) is 3.25. The molecule has 0 aliphatic carbocycles. The Balaban J connectivity index is 1.81. The predicted molar refractivity (Wildman–Crippen MR) is 90.8 cm³/mol. The summed E-state index contributed by atoms with van der Waals surface area (Å²) >= 11 is 3.11. The van der Waals surface area contributed by atoms with Crippen LogP contribution in [0.1, 0.15) is 32.7 Å². The van der Waals surface area contributed by atoms with Crippen molar-refractivity contribution in [2.75, 3.05) is 6.54 Å². The Morgan fingerprint density at radius 1 is 1.36 bits per heavy atom. The molecule has 114 valence electrons. The molecule has 22 heavy (non-hydrogen) atoms. The third-order valence-corrected chi connectivity index (χ3v) is 5.04. The van der Waals surface area contributed by atoms with Crippen LogP contribution in [0.3, 0.4) is 0 Å². The monoisotopic (exact) mass is 331 g/mol. The van der Waals surface area contributed by atoms with Gasteiger partial charge in [0.05, 0.1) is 16.6 Å². The Kier molecular flexibility index (Phi) is 4.40. The van der Waals surface area contributed by atoms with E-state index in [0.717, 1.165) is 16.3 Å². The summed E-state index contributed by atoms with van der Waals surface area (Å²) in [7, 11) is 0. The maximum Gasteiger partial charge on any atom is 0.261 e. The molecule has 0 spiro atoms. The van der Waals surface area contributed by atoms with Gasteiger partial charge in [-0.1, -0.05) is 6.07 Å². The first kappa shape index (κ1) is 15.0. The van der Waals surface area contributed by atoms with Crippen molar-refractivity contribution < 1.29 is 4.79 Å². The molecule has 0 aliphatic heterocycles. The fraction of sp³-hybridized carbons (Fsp3) is 0.250. The van der Waals surface area contributed by atoms with E-state index in [1.807, 2.05) is 36.0 Å². The number of carbonyl (C=O) groups excluding carboxylic acids is 1. The quantitative estimate of drug-likeness (QED) is 0.776. The highest BCUT2D eigenvalue weighted by molar-refractivity contribution is 7.12. The number of rotatable bonds is 5. The van der Waals surface area contributed by atoms with E-state index in [1.165, 1.54) is 16.9 Å². The number of aromatic nitrogens is 2. The first-order valence-corrected chi connectivity index (χ1v) is 8.84. The van der Waals surface area contributed by atoms with Gasteiger partial charge >= 0.3 is 0 Å². The second-order valence-electron chi connectivity index (χ2n) is 5.13. The Morgan fingerprint density at radius 2 is 2.23 bits per heavy atom. The second kappa shape index (κ2) is 6.46. The van der Waals surface area contributed by atoms with Crippen LogP contribution in [-0.2, 0) is 0 Å². The number of nitrogens with zero attached hydrogens (tertiary/aromatic N) is 2. The number of carbonyl (C=O) groups is 1. The molecule has 0 fully saturated rings. The number of nitrogens with one attached hydrogen (secondary N) is 1. The standard InChI is InChI=1S/C16H17N3OS2/c1-11-8-12(2)19(18-11)14(13-5-7-21-10-13)9-17-16(20)15-4-3-6-22-15/h3-8,10,14H,9H2,1-2H3,(H,17,20)/t14-/m1/s1. The van der Waals surface area contributed by atoms with Crippen molar-refractivity contribution in [3.63, 3.8) is 0 Å². The normalized spacial score (nSPS) is 12.3. The fourth-order valence-electron chi connectivity index (χ4n) is 2.46. The van der Waals surface area contributed by atoms with Gasteiger partial charge in [-0.15, -0.1) is 11.3 Å². The average Bonchev–Trinajstić information content (AvgIpc) is 3.22. The van der Waals surface area contributed by atoms with E-state index in [1.54, 1.807) is 11.3 Å². The van der Waals surface area contributed by atoms with Crippen LogP contribution in [0, 0.1) is 13.8 Å². The zero-order valence-corrected chi connectivity index (χ0v) is 14.1. The first-order chi connectivity index (χ1) is 10.6. The van der Waals surface area contributed by atoms with Crippen LogP contribution in [0.4, 0.5) is 0 Å². The molecular formula is C16H17N3OS2. The van der Waals surface area contributed by atoms with Crippen LogP contribution in [0.15, 0.2) is 40.4 Å². The summed E-state index contributed by atoms with van der Waals surface area (Å²) in [6, 6.07) is 7.88. The van der Waals surface area contributed by atoms with Crippen molar-refractivity contribution in [3.8, 4) is 0 Å². The Hall–Kier alpha value is -1.92. The lowest BCUT2D eigenvalue weighted by Gasteiger charge is -2.19. The summed E-state index contributed by atoms with van der Waals surface area (Å²) in [5, 5.41) is 13.7. The zero-order chi connectivity index (χ0) is 15.5. The summed E-state index contributed by atoms with van der Waals surface area (Å²) in [4.78, 5) is 12.9. The summed E-state index contributed by atoms with van der Waals surface area (Å²) < 4.78 is 1.99. The molecule has 4 nitrogen and oxygen atoms in total. The molecule has 6 heteroatoms. The van der Waals surface area contributed by atoms with E-state index in [9.17, 15) is 4.79 Å². The van der Waals surface area contributed by atoms with Gasteiger partial charge in [0.25, 0.3) is 5.91 Å². The Labute approximate surface area is 137 Å². The Morgan fingerprint density at radius 3 is 2.82 bits per heavy atom. The van der Waals surface area contributed by atoms with Gasteiger partial charge < -0.3 is 5.32 Å². The van der Waals surface area contributed by atoms with Crippen molar-refractivity contribution in [2.24, 2.45) is 0 Å². The second-order valence-corrected chi connectivity index (χ2v) is 6.86. The molecule has 0 bridgehead atoms. The highest BCUT2D eigenvalue weighted by atomic mass is 32.1. The molecule has 0 saturated heterocycles. The molecule has 3 heterocycles. The van der Waals surface area contributed by atoms with Gasteiger partial charge in [-0.25, -0.2) is 0 Å². The van der Waals surface area contributed by atoms with E-state index in [4.69, 9.17) is 0 Å². The maximum absolute atomic E-state index is 12.2. The summed E-state index contributed by atoms with van der Waals surface area (Å²) in [5.74, 6) is -0.0308. The van der Waals surface area contributed by atoms with E-state index >= 15 is 0 Å². The molecule has 3 aromatic rings. The first-order valence-electron chi connectivity index (χ1n) is 7.01. The predicted octanol–water partition coefficient (Wildman–Crippen LogP) is 3.64. The number of hydrogen-bond donors (Lipinski definition) is 1. The molecule has 0 unspecified atom stereocenters.